The van der Waals surface area contributed by atoms with E-state index in [0.717, 1.165) is 28.0 Å². The summed E-state index contributed by atoms with van der Waals surface area (Å²) in [6.45, 7) is 8.13. The van der Waals surface area contributed by atoms with Gasteiger partial charge in [-0.1, -0.05) is 12.1 Å². The molecular formula is C25H26FN3O3. The second-order valence-corrected chi connectivity index (χ2v) is 7.76. The topological polar surface area (TPSA) is 69.3 Å². The van der Waals surface area contributed by atoms with E-state index in [-0.39, 0.29) is 24.2 Å². The lowest BCUT2D eigenvalue weighted by Crippen LogP contribution is -2.28. The van der Waals surface area contributed by atoms with Crippen molar-refractivity contribution in [3.63, 3.8) is 0 Å². The summed E-state index contributed by atoms with van der Waals surface area (Å²) in [6.07, 6.45) is 0.188. The van der Waals surface area contributed by atoms with Crippen molar-refractivity contribution in [2.75, 3.05) is 6.61 Å². The molecule has 7 heteroatoms. The molecule has 0 aliphatic heterocycles. The number of rotatable bonds is 7. The summed E-state index contributed by atoms with van der Waals surface area (Å²) in [7, 11) is 0. The number of halogens is 1. The SMILES string of the molecule is CCOc1cccc2cc(C(C)NC(=O)Cc3c(C)nn(-c4ccc(F)cc4)c3C)oc12. The van der Waals surface area contributed by atoms with Gasteiger partial charge in [0.25, 0.3) is 0 Å². The van der Waals surface area contributed by atoms with Crippen LogP contribution in [0.15, 0.2) is 52.9 Å². The number of aromatic nitrogens is 2. The van der Waals surface area contributed by atoms with Crippen LogP contribution in [0.25, 0.3) is 16.7 Å². The zero-order valence-electron chi connectivity index (χ0n) is 18.6. The Morgan fingerprint density at radius 3 is 2.69 bits per heavy atom. The highest BCUT2D eigenvalue weighted by Crippen LogP contribution is 2.31. The molecular weight excluding hydrogens is 409 g/mol. The normalized spacial score (nSPS) is 12.2. The third-order valence-electron chi connectivity index (χ3n) is 5.48. The summed E-state index contributed by atoms with van der Waals surface area (Å²) in [5.74, 6) is 0.917. The van der Waals surface area contributed by atoms with Gasteiger partial charge in [-0.2, -0.15) is 5.10 Å². The Hall–Kier alpha value is -3.61. The molecule has 0 aliphatic rings. The van der Waals surface area contributed by atoms with Crippen LogP contribution in [0.3, 0.4) is 0 Å². The predicted octanol–water partition coefficient (Wildman–Crippen LogP) is 5.19. The maximum atomic E-state index is 13.3. The van der Waals surface area contributed by atoms with Crippen molar-refractivity contribution in [2.24, 2.45) is 0 Å². The van der Waals surface area contributed by atoms with Crippen molar-refractivity contribution in [1.29, 1.82) is 0 Å². The Balaban J connectivity index is 1.50. The molecule has 0 radical (unpaired) electrons. The molecule has 0 fully saturated rings. The quantitative estimate of drug-likeness (QED) is 0.434. The van der Waals surface area contributed by atoms with E-state index >= 15 is 0 Å². The van der Waals surface area contributed by atoms with Gasteiger partial charge in [0.05, 0.1) is 30.5 Å². The van der Waals surface area contributed by atoms with E-state index in [2.05, 4.69) is 10.4 Å². The number of amides is 1. The number of hydrogen-bond donors (Lipinski definition) is 1. The van der Waals surface area contributed by atoms with Crippen molar-refractivity contribution in [2.45, 2.75) is 40.2 Å². The van der Waals surface area contributed by atoms with Crippen molar-refractivity contribution in [1.82, 2.24) is 15.1 Å². The Bertz CT molecular complexity index is 1260. The van der Waals surface area contributed by atoms with Gasteiger partial charge in [0.2, 0.25) is 5.91 Å². The van der Waals surface area contributed by atoms with Crippen LogP contribution < -0.4 is 10.1 Å². The van der Waals surface area contributed by atoms with Gasteiger partial charge in [-0.05, 0) is 64.1 Å². The standard InChI is InChI=1S/C25H26FN3O3/c1-5-31-22-8-6-7-18-13-23(32-25(18)22)16(3)27-24(30)14-21-15(2)28-29(17(21)4)20-11-9-19(26)10-12-20/h6-13,16H,5,14H2,1-4H3,(H,27,30). The fraction of sp³-hybridized carbons (Fsp3) is 0.280. The van der Waals surface area contributed by atoms with E-state index < -0.39 is 0 Å². The maximum absolute atomic E-state index is 13.3. The number of fused-ring (bicyclic) bond motifs is 1. The number of nitrogens with zero attached hydrogens (tertiary/aromatic N) is 2. The van der Waals surface area contributed by atoms with Crippen LogP contribution in [-0.4, -0.2) is 22.3 Å². The Morgan fingerprint density at radius 2 is 1.97 bits per heavy atom. The van der Waals surface area contributed by atoms with E-state index in [1.54, 1.807) is 16.8 Å². The van der Waals surface area contributed by atoms with Gasteiger partial charge in [0.15, 0.2) is 11.3 Å². The molecule has 0 spiro atoms. The molecule has 0 saturated heterocycles. The first kappa shape index (κ1) is 21.6. The minimum Gasteiger partial charge on any atom is -0.490 e. The summed E-state index contributed by atoms with van der Waals surface area (Å²) in [6, 6.07) is 13.5. The average Bonchev–Trinajstić information content (AvgIpc) is 3.32. The molecule has 2 aromatic heterocycles. The number of benzene rings is 2. The lowest BCUT2D eigenvalue weighted by atomic mass is 10.1. The number of ether oxygens (including phenoxy) is 1. The second kappa shape index (κ2) is 8.86. The van der Waals surface area contributed by atoms with Crippen molar-refractivity contribution in [3.05, 3.63) is 77.1 Å². The molecule has 0 aliphatic carbocycles. The second-order valence-electron chi connectivity index (χ2n) is 7.76. The zero-order valence-corrected chi connectivity index (χ0v) is 18.6. The highest BCUT2D eigenvalue weighted by molar-refractivity contribution is 5.84. The van der Waals surface area contributed by atoms with Crippen LogP contribution in [0.5, 0.6) is 5.75 Å². The third kappa shape index (κ3) is 4.23. The van der Waals surface area contributed by atoms with E-state index in [9.17, 15) is 9.18 Å². The van der Waals surface area contributed by atoms with Crippen LogP contribution in [0.2, 0.25) is 0 Å². The molecule has 4 aromatic rings. The van der Waals surface area contributed by atoms with E-state index in [0.29, 0.717) is 23.7 Å². The third-order valence-corrected chi connectivity index (χ3v) is 5.48. The number of furan rings is 1. The lowest BCUT2D eigenvalue weighted by Gasteiger charge is -2.12. The number of aryl methyl sites for hydroxylation is 1. The zero-order chi connectivity index (χ0) is 22.8. The van der Waals surface area contributed by atoms with E-state index in [4.69, 9.17) is 9.15 Å². The molecule has 0 saturated carbocycles. The number of nitrogens with one attached hydrogen (secondary N) is 1. The summed E-state index contributed by atoms with van der Waals surface area (Å²) in [5.41, 5.74) is 3.89. The van der Waals surface area contributed by atoms with Crippen molar-refractivity contribution < 1.29 is 18.3 Å². The average molecular weight is 435 g/mol. The van der Waals surface area contributed by atoms with E-state index in [1.165, 1.54) is 12.1 Å². The monoisotopic (exact) mass is 435 g/mol. The first-order valence-corrected chi connectivity index (χ1v) is 10.6. The van der Waals surface area contributed by atoms with Gasteiger partial charge < -0.3 is 14.5 Å². The van der Waals surface area contributed by atoms with Crippen molar-refractivity contribution >= 4 is 16.9 Å². The molecule has 0 bridgehead atoms. The summed E-state index contributed by atoms with van der Waals surface area (Å²) < 4.78 is 26.6. The summed E-state index contributed by atoms with van der Waals surface area (Å²) in [5, 5.41) is 8.48. The van der Waals surface area contributed by atoms with Gasteiger partial charge in [-0.15, -0.1) is 0 Å². The number of carbonyl (C=O) groups is 1. The van der Waals surface area contributed by atoms with Crippen LogP contribution >= 0.6 is 0 Å². The molecule has 2 heterocycles. The van der Waals surface area contributed by atoms with Crippen LogP contribution in [-0.2, 0) is 11.2 Å². The molecule has 2 aromatic carbocycles. The molecule has 1 unspecified atom stereocenters. The minimum atomic E-state index is -0.308. The van der Waals surface area contributed by atoms with Crippen LogP contribution in [0.4, 0.5) is 4.39 Å². The van der Waals surface area contributed by atoms with Gasteiger partial charge in [0.1, 0.15) is 11.6 Å². The van der Waals surface area contributed by atoms with E-state index in [1.807, 2.05) is 52.0 Å². The molecule has 32 heavy (non-hydrogen) atoms. The molecule has 1 amide bonds. The Kier molecular flexibility index (Phi) is 5.99. The molecule has 166 valence electrons. The van der Waals surface area contributed by atoms with Crippen LogP contribution in [0, 0.1) is 19.7 Å². The van der Waals surface area contributed by atoms with Gasteiger partial charge in [0, 0.05) is 16.6 Å². The highest BCUT2D eigenvalue weighted by atomic mass is 19.1. The molecule has 1 N–H and O–H groups in total. The first-order chi connectivity index (χ1) is 15.4. The largest absolute Gasteiger partial charge is 0.490 e. The van der Waals surface area contributed by atoms with Gasteiger partial charge >= 0.3 is 0 Å². The smallest absolute Gasteiger partial charge is 0.225 e. The summed E-state index contributed by atoms with van der Waals surface area (Å²) >= 11 is 0. The van der Waals surface area contributed by atoms with Gasteiger partial charge in [-0.25, -0.2) is 9.07 Å². The Labute approximate surface area is 186 Å². The van der Waals surface area contributed by atoms with Crippen LogP contribution in [0.1, 0.15) is 42.6 Å². The molecule has 4 rings (SSSR count). The number of para-hydroxylation sites is 1. The van der Waals surface area contributed by atoms with Gasteiger partial charge in [-0.3, -0.25) is 4.79 Å². The molecule has 1 atom stereocenters. The fourth-order valence-electron chi connectivity index (χ4n) is 3.83. The Morgan fingerprint density at radius 1 is 1.22 bits per heavy atom. The summed E-state index contributed by atoms with van der Waals surface area (Å²) in [4.78, 5) is 12.8. The fourth-order valence-corrected chi connectivity index (χ4v) is 3.83. The first-order valence-electron chi connectivity index (χ1n) is 10.6. The minimum absolute atomic E-state index is 0.132. The number of carbonyl (C=O) groups excluding carboxylic acids is 1. The lowest BCUT2D eigenvalue weighted by molar-refractivity contribution is -0.121. The highest BCUT2D eigenvalue weighted by Gasteiger charge is 2.20. The maximum Gasteiger partial charge on any atom is 0.225 e. The predicted molar refractivity (Wildman–Crippen MR) is 121 cm³/mol. The van der Waals surface area contributed by atoms with Crippen molar-refractivity contribution in [3.8, 4) is 11.4 Å². The number of hydrogen-bond acceptors (Lipinski definition) is 4. The molecule has 6 nitrogen and oxygen atoms in total.